The Morgan fingerprint density at radius 1 is 1.07 bits per heavy atom. The van der Waals surface area contributed by atoms with Crippen LogP contribution in [-0.4, -0.2) is 32.7 Å². The van der Waals surface area contributed by atoms with Crippen molar-refractivity contribution < 1.29 is 5.11 Å². The van der Waals surface area contributed by atoms with Crippen LogP contribution >= 0.6 is 11.6 Å². The lowest BCUT2D eigenvalue weighted by atomic mass is 10.0. The van der Waals surface area contributed by atoms with Gasteiger partial charge in [-0.3, -0.25) is 9.97 Å². The lowest BCUT2D eigenvalue weighted by Gasteiger charge is -2.21. The zero-order chi connectivity index (χ0) is 19.4. The molecule has 1 atom stereocenters. The zero-order valence-electron chi connectivity index (χ0n) is 15.6. The van der Waals surface area contributed by atoms with E-state index in [0.717, 1.165) is 28.1 Å². The van der Waals surface area contributed by atoms with Gasteiger partial charge in [0.2, 0.25) is 0 Å². The molecular formula is C21H23ClN4O. The first kappa shape index (κ1) is 19.3. The second kappa shape index (κ2) is 8.46. The third-order valence-electron chi connectivity index (χ3n) is 4.50. The van der Waals surface area contributed by atoms with Crippen LogP contribution in [0.3, 0.4) is 0 Å². The number of rotatable bonds is 6. The Morgan fingerprint density at radius 3 is 2.44 bits per heavy atom. The average Bonchev–Trinajstić information content (AvgIpc) is 2.67. The molecule has 3 aromatic rings. The van der Waals surface area contributed by atoms with Crippen molar-refractivity contribution in [3.8, 4) is 22.5 Å². The molecule has 0 aliphatic rings. The van der Waals surface area contributed by atoms with E-state index in [4.69, 9.17) is 16.6 Å². The fourth-order valence-corrected chi connectivity index (χ4v) is 2.94. The van der Waals surface area contributed by atoms with E-state index in [0.29, 0.717) is 10.8 Å². The highest BCUT2D eigenvalue weighted by molar-refractivity contribution is 6.30. The second-order valence-electron chi connectivity index (χ2n) is 6.83. The molecule has 2 heterocycles. The number of aromatic nitrogens is 3. The van der Waals surface area contributed by atoms with Crippen LogP contribution in [0.5, 0.6) is 0 Å². The number of nitrogens with one attached hydrogen (secondary N) is 1. The third-order valence-corrected chi connectivity index (χ3v) is 4.75. The van der Waals surface area contributed by atoms with Gasteiger partial charge in [-0.2, -0.15) is 0 Å². The summed E-state index contributed by atoms with van der Waals surface area (Å²) >= 11 is 6.03. The van der Waals surface area contributed by atoms with E-state index < -0.39 is 0 Å². The van der Waals surface area contributed by atoms with Gasteiger partial charge in [-0.1, -0.05) is 37.6 Å². The number of nitrogens with zero attached hydrogens (tertiary/aromatic N) is 3. The van der Waals surface area contributed by atoms with Gasteiger partial charge in [0.05, 0.1) is 30.2 Å². The minimum atomic E-state index is -0.0907. The normalized spacial score (nSPS) is 12.2. The standard InChI is InChI=1S/C21H23ClN4O/c1-13(2)18(12-27)25-19-11-24-20(15-4-6-16(22)7-5-15)21(26-19)17-8-9-23-10-14(17)3/h4-11,13,18,27H,12H2,1-3H3,(H,25,26)/t18-/m0/s1. The van der Waals surface area contributed by atoms with Crippen LogP contribution in [-0.2, 0) is 0 Å². The Hall–Kier alpha value is -2.50. The SMILES string of the molecule is Cc1cnccc1-c1nc(N[C@@H](CO)C(C)C)cnc1-c1ccc(Cl)cc1. The number of aliphatic hydroxyl groups excluding tert-OH is 1. The maximum Gasteiger partial charge on any atom is 0.145 e. The van der Waals surface area contributed by atoms with Gasteiger partial charge >= 0.3 is 0 Å². The van der Waals surface area contributed by atoms with Gasteiger partial charge < -0.3 is 10.4 Å². The van der Waals surface area contributed by atoms with Gasteiger partial charge in [0, 0.05) is 28.5 Å². The number of aliphatic hydroxyl groups is 1. The monoisotopic (exact) mass is 382 g/mol. The second-order valence-corrected chi connectivity index (χ2v) is 7.26. The van der Waals surface area contributed by atoms with Gasteiger partial charge in [-0.25, -0.2) is 4.98 Å². The fraction of sp³-hybridized carbons (Fsp3) is 0.286. The summed E-state index contributed by atoms with van der Waals surface area (Å²) in [6.07, 6.45) is 5.27. The molecule has 0 fully saturated rings. The molecular weight excluding hydrogens is 360 g/mol. The highest BCUT2D eigenvalue weighted by atomic mass is 35.5. The average molecular weight is 383 g/mol. The number of anilines is 1. The first-order valence-corrected chi connectivity index (χ1v) is 9.28. The van der Waals surface area contributed by atoms with Gasteiger partial charge in [0.1, 0.15) is 5.82 Å². The molecule has 0 unspecified atom stereocenters. The molecule has 2 aromatic heterocycles. The van der Waals surface area contributed by atoms with E-state index in [1.807, 2.05) is 43.5 Å². The minimum Gasteiger partial charge on any atom is -0.394 e. The van der Waals surface area contributed by atoms with E-state index in [1.165, 1.54) is 0 Å². The van der Waals surface area contributed by atoms with Crippen molar-refractivity contribution >= 4 is 17.4 Å². The summed E-state index contributed by atoms with van der Waals surface area (Å²) in [6.45, 7) is 6.14. The lowest BCUT2D eigenvalue weighted by Crippen LogP contribution is -2.30. The van der Waals surface area contributed by atoms with Crippen LogP contribution < -0.4 is 5.32 Å². The molecule has 140 valence electrons. The quantitative estimate of drug-likeness (QED) is 0.652. The molecule has 6 heteroatoms. The summed E-state index contributed by atoms with van der Waals surface area (Å²) in [5, 5.41) is 13.6. The number of pyridine rings is 1. The summed E-state index contributed by atoms with van der Waals surface area (Å²) in [6, 6.07) is 9.40. The molecule has 3 rings (SSSR count). The van der Waals surface area contributed by atoms with Crippen molar-refractivity contribution in [3.63, 3.8) is 0 Å². The van der Waals surface area contributed by atoms with Crippen LogP contribution in [0.15, 0.2) is 48.9 Å². The van der Waals surface area contributed by atoms with Crippen molar-refractivity contribution in [3.05, 3.63) is 59.5 Å². The highest BCUT2D eigenvalue weighted by Gasteiger charge is 2.17. The first-order chi connectivity index (χ1) is 13.0. The van der Waals surface area contributed by atoms with Gasteiger partial charge in [0.15, 0.2) is 0 Å². The maximum absolute atomic E-state index is 9.62. The van der Waals surface area contributed by atoms with Gasteiger partial charge in [-0.05, 0) is 36.6 Å². The van der Waals surface area contributed by atoms with Crippen molar-refractivity contribution in [1.29, 1.82) is 0 Å². The van der Waals surface area contributed by atoms with Crippen molar-refractivity contribution in [2.45, 2.75) is 26.8 Å². The van der Waals surface area contributed by atoms with Gasteiger partial charge in [-0.15, -0.1) is 0 Å². The molecule has 1 aromatic carbocycles. The predicted octanol–water partition coefficient (Wildman–Crippen LogP) is 4.60. The summed E-state index contributed by atoms with van der Waals surface area (Å²) in [5.41, 5.74) is 4.46. The number of halogens is 1. The number of hydrogen-bond donors (Lipinski definition) is 2. The van der Waals surface area contributed by atoms with E-state index in [9.17, 15) is 5.11 Å². The number of benzene rings is 1. The minimum absolute atomic E-state index is 0.0297. The Labute approximate surface area is 164 Å². The first-order valence-electron chi connectivity index (χ1n) is 8.91. The topological polar surface area (TPSA) is 70.9 Å². The Morgan fingerprint density at radius 2 is 1.81 bits per heavy atom. The Balaban J connectivity index is 2.11. The predicted molar refractivity (Wildman–Crippen MR) is 110 cm³/mol. The van der Waals surface area contributed by atoms with Gasteiger partial charge in [0.25, 0.3) is 0 Å². The molecule has 5 nitrogen and oxygen atoms in total. The molecule has 27 heavy (non-hydrogen) atoms. The van der Waals surface area contributed by atoms with E-state index in [-0.39, 0.29) is 18.6 Å². The smallest absolute Gasteiger partial charge is 0.145 e. The largest absolute Gasteiger partial charge is 0.394 e. The molecule has 0 saturated heterocycles. The molecule has 2 N–H and O–H groups in total. The third kappa shape index (κ3) is 4.43. The summed E-state index contributed by atoms with van der Waals surface area (Å²) in [4.78, 5) is 13.7. The molecule has 0 radical (unpaired) electrons. The van der Waals surface area contributed by atoms with Crippen molar-refractivity contribution in [2.24, 2.45) is 5.92 Å². The van der Waals surface area contributed by atoms with E-state index in [1.54, 1.807) is 12.4 Å². The Bertz CT molecular complexity index is 912. The number of aryl methyl sites for hydroxylation is 1. The zero-order valence-corrected chi connectivity index (χ0v) is 16.4. The van der Waals surface area contributed by atoms with E-state index >= 15 is 0 Å². The van der Waals surface area contributed by atoms with Crippen LogP contribution in [0.1, 0.15) is 19.4 Å². The van der Waals surface area contributed by atoms with E-state index in [2.05, 4.69) is 29.1 Å². The molecule has 0 saturated carbocycles. The molecule has 0 aliphatic heterocycles. The summed E-state index contributed by atoms with van der Waals surface area (Å²) in [5.74, 6) is 0.894. The molecule has 0 aliphatic carbocycles. The maximum atomic E-state index is 9.62. The number of hydrogen-bond acceptors (Lipinski definition) is 5. The Kier molecular flexibility index (Phi) is 6.04. The van der Waals surface area contributed by atoms with Crippen molar-refractivity contribution in [1.82, 2.24) is 15.0 Å². The molecule has 0 bridgehead atoms. The van der Waals surface area contributed by atoms with Crippen LogP contribution in [0.4, 0.5) is 5.82 Å². The van der Waals surface area contributed by atoms with Crippen LogP contribution in [0, 0.1) is 12.8 Å². The van der Waals surface area contributed by atoms with Crippen LogP contribution in [0.2, 0.25) is 5.02 Å². The summed E-state index contributed by atoms with van der Waals surface area (Å²) in [7, 11) is 0. The summed E-state index contributed by atoms with van der Waals surface area (Å²) < 4.78 is 0. The highest BCUT2D eigenvalue weighted by Crippen LogP contribution is 2.32. The lowest BCUT2D eigenvalue weighted by molar-refractivity contribution is 0.249. The van der Waals surface area contributed by atoms with Crippen molar-refractivity contribution in [2.75, 3.05) is 11.9 Å². The van der Waals surface area contributed by atoms with Crippen LogP contribution in [0.25, 0.3) is 22.5 Å². The molecule has 0 spiro atoms. The fourth-order valence-electron chi connectivity index (χ4n) is 2.82. The molecule has 0 amide bonds.